The first-order valence-corrected chi connectivity index (χ1v) is 6.50. The Morgan fingerprint density at radius 1 is 1.40 bits per heavy atom. The molecule has 0 atom stereocenters. The first-order valence-electron chi connectivity index (χ1n) is 6.50. The van der Waals surface area contributed by atoms with Crippen molar-refractivity contribution in [3.8, 4) is 11.8 Å². The van der Waals surface area contributed by atoms with Crippen molar-refractivity contribution in [1.29, 1.82) is 0 Å². The van der Waals surface area contributed by atoms with E-state index in [2.05, 4.69) is 17.2 Å². The molecule has 0 radical (unpaired) electrons. The Bertz CT molecular complexity index is 536. The first kappa shape index (κ1) is 16.0. The van der Waals surface area contributed by atoms with Gasteiger partial charge in [-0.15, -0.1) is 0 Å². The highest BCUT2D eigenvalue weighted by Crippen LogP contribution is 2.08. The fourth-order valence-electron chi connectivity index (χ4n) is 1.38. The molecule has 0 heterocycles. The maximum Gasteiger partial charge on any atom is 0.407 e. The Morgan fingerprint density at radius 3 is 2.70 bits per heavy atom. The Labute approximate surface area is 119 Å². The van der Waals surface area contributed by atoms with Gasteiger partial charge in [0.1, 0.15) is 11.4 Å². The van der Waals surface area contributed by atoms with Gasteiger partial charge in [0.15, 0.2) is 0 Å². The van der Waals surface area contributed by atoms with Crippen LogP contribution in [-0.2, 0) is 4.74 Å². The lowest BCUT2D eigenvalue weighted by Crippen LogP contribution is -2.32. The molecule has 0 saturated heterocycles. The summed E-state index contributed by atoms with van der Waals surface area (Å²) in [5.41, 5.74) is 0.724. The highest BCUT2D eigenvalue weighted by molar-refractivity contribution is 5.67. The number of amides is 1. The van der Waals surface area contributed by atoms with Crippen LogP contribution in [0.15, 0.2) is 18.2 Å². The number of rotatable bonds is 2. The van der Waals surface area contributed by atoms with E-state index in [4.69, 9.17) is 4.74 Å². The molecule has 1 aromatic carbocycles. The van der Waals surface area contributed by atoms with Crippen molar-refractivity contribution in [2.24, 2.45) is 0 Å². The molecule has 20 heavy (non-hydrogen) atoms. The van der Waals surface area contributed by atoms with Crippen LogP contribution in [0.5, 0.6) is 0 Å². The van der Waals surface area contributed by atoms with Gasteiger partial charge >= 0.3 is 6.09 Å². The summed E-state index contributed by atoms with van der Waals surface area (Å²) in [5, 5.41) is 2.61. The number of carbonyl (C=O) groups is 1. The average molecular weight is 277 g/mol. The Hall–Kier alpha value is -2.02. The lowest BCUT2D eigenvalue weighted by atomic mass is 10.1. The van der Waals surface area contributed by atoms with Crippen molar-refractivity contribution < 1.29 is 13.9 Å². The standard InChI is InChI=1S/C16H20FNO2/c1-12-8-9-13(11-14(12)17)7-5-6-10-18-15(19)20-16(2,3)4/h8-9,11H,6,10H2,1-4H3,(H,18,19). The van der Waals surface area contributed by atoms with E-state index in [1.54, 1.807) is 39.8 Å². The molecule has 0 aliphatic rings. The van der Waals surface area contributed by atoms with E-state index < -0.39 is 11.7 Å². The van der Waals surface area contributed by atoms with E-state index in [9.17, 15) is 9.18 Å². The van der Waals surface area contributed by atoms with Crippen LogP contribution in [0.25, 0.3) is 0 Å². The second kappa shape index (κ2) is 6.95. The summed E-state index contributed by atoms with van der Waals surface area (Å²) >= 11 is 0. The third-order valence-corrected chi connectivity index (χ3v) is 2.32. The number of benzene rings is 1. The summed E-state index contributed by atoms with van der Waals surface area (Å²) in [6.07, 6.45) is 0.0232. The highest BCUT2D eigenvalue weighted by atomic mass is 19.1. The fourth-order valence-corrected chi connectivity index (χ4v) is 1.38. The summed E-state index contributed by atoms with van der Waals surface area (Å²) in [6.45, 7) is 7.52. The largest absolute Gasteiger partial charge is 0.444 e. The number of alkyl carbamates (subject to hydrolysis) is 1. The molecule has 1 rings (SSSR count). The van der Waals surface area contributed by atoms with Gasteiger partial charge in [-0.25, -0.2) is 9.18 Å². The van der Waals surface area contributed by atoms with Gasteiger partial charge < -0.3 is 10.1 Å². The number of halogens is 1. The summed E-state index contributed by atoms with van der Waals surface area (Å²) in [5.74, 6) is 5.47. The number of aryl methyl sites for hydroxylation is 1. The topological polar surface area (TPSA) is 38.3 Å². The molecule has 1 aromatic rings. The van der Waals surface area contributed by atoms with Crippen LogP contribution >= 0.6 is 0 Å². The monoisotopic (exact) mass is 277 g/mol. The molecule has 1 amide bonds. The van der Waals surface area contributed by atoms with Crippen molar-refractivity contribution in [3.05, 3.63) is 35.1 Å². The minimum absolute atomic E-state index is 0.260. The van der Waals surface area contributed by atoms with Crippen LogP contribution in [0, 0.1) is 24.6 Å². The van der Waals surface area contributed by atoms with Crippen molar-refractivity contribution >= 4 is 6.09 Å². The van der Waals surface area contributed by atoms with Gasteiger partial charge in [0.2, 0.25) is 0 Å². The van der Waals surface area contributed by atoms with Gasteiger partial charge in [-0.3, -0.25) is 0 Å². The molecule has 0 unspecified atom stereocenters. The van der Waals surface area contributed by atoms with Gasteiger partial charge in [-0.1, -0.05) is 17.9 Å². The van der Waals surface area contributed by atoms with E-state index in [0.717, 1.165) is 0 Å². The highest BCUT2D eigenvalue weighted by Gasteiger charge is 2.15. The summed E-state index contributed by atoms with van der Waals surface area (Å²) in [4.78, 5) is 11.3. The lowest BCUT2D eigenvalue weighted by molar-refractivity contribution is 0.0529. The fraction of sp³-hybridized carbons (Fsp3) is 0.438. The van der Waals surface area contributed by atoms with E-state index in [1.807, 2.05) is 0 Å². The van der Waals surface area contributed by atoms with Gasteiger partial charge in [0, 0.05) is 18.5 Å². The summed E-state index contributed by atoms with van der Waals surface area (Å²) < 4.78 is 18.4. The predicted molar refractivity (Wildman–Crippen MR) is 76.9 cm³/mol. The molecule has 1 N–H and O–H groups in total. The van der Waals surface area contributed by atoms with Crippen LogP contribution < -0.4 is 5.32 Å². The van der Waals surface area contributed by atoms with Crippen molar-refractivity contribution in [1.82, 2.24) is 5.32 Å². The molecular weight excluding hydrogens is 257 g/mol. The molecule has 0 saturated carbocycles. The smallest absolute Gasteiger partial charge is 0.407 e. The molecule has 108 valence electrons. The predicted octanol–water partition coefficient (Wildman–Crippen LogP) is 3.40. The van der Waals surface area contributed by atoms with E-state index in [1.165, 1.54) is 6.07 Å². The minimum Gasteiger partial charge on any atom is -0.444 e. The van der Waals surface area contributed by atoms with Crippen molar-refractivity contribution in [2.45, 2.75) is 39.7 Å². The Morgan fingerprint density at radius 2 is 2.10 bits per heavy atom. The quantitative estimate of drug-likeness (QED) is 0.664. The molecule has 4 heteroatoms. The zero-order valence-electron chi connectivity index (χ0n) is 12.3. The maximum atomic E-state index is 13.3. The van der Waals surface area contributed by atoms with Crippen LogP contribution in [0.3, 0.4) is 0 Å². The van der Waals surface area contributed by atoms with Gasteiger partial charge in [0.25, 0.3) is 0 Å². The first-order chi connectivity index (χ1) is 9.28. The van der Waals surface area contributed by atoms with Crippen LogP contribution in [-0.4, -0.2) is 18.2 Å². The molecule has 0 aliphatic carbocycles. The number of carbonyl (C=O) groups excluding carboxylic acids is 1. The van der Waals surface area contributed by atoms with Gasteiger partial charge in [-0.2, -0.15) is 0 Å². The third-order valence-electron chi connectivity index (χ3n) is 2.32. The minimum atomic E-state index is -0.505. The van der Waals surface area contributed by atoms with Gasteiger partial charge in [-0.05, 0) is 45.4 Å². The zero-order chi connectivity index (χ0) is 15.2. The molecule has 3 nitrogen and oxygen atoms in total. The summed E-state index contributed by atoms with van der Waals surface area (Å²) in [7, 11) is 0. The second-order valence-electron chi connectivity index (χ2n) is 5.44. The van der Waals surface area contributed by atoms with E-state index >= 15 is 0 Å². The zero-order valence-corrected chi connectivity index (χ0v) is 12.3. The van der Waals surface area contributed by atoms with E-state index in [-0.39, 0.29) is 5.82 Å². The lowest BCUT2D eigenvalue weighted by Gasteiger charge is -2.19. The Kier molecular flexibility index (Phi) is 5.57. The third kappa shape index (κ3) is 6.24. The maximum absolute atomic E-state index is 13.3. The molecular formula is C16H20FNO2. The summed E-state index contributed by atoms with van der Waals surface area (Å²) in [6, 6.07) is 4.87. The molecule has 0 fully saturated rings. The SMILES string of the molecule is Cc1ccc(C#CCCNC(=O)OC(C)(C)C)cc1F. The van der Waals surface area contributed by atoms with Crippen molar-refractivity contribution in [3.63, 3.8) is 0 Å². The molecule has 0 aromatic heterocycles. The number of hydrogen-bond acceptors (Lipinski definition) is 2. The van der Waals surface area contributed by atoms with E-state index in [0.29, 0.717) is 24.1 Å². The van der Waals surface area contributed by atoms with Crippen LogP contribution in [0.2, 0.25) is 0 Å². The van der Waals surface area contributed by atoms with Crippen LogP contribution in [0.4, 0.5) is 9.18 Å². The average Bonchev–Trinajstić information content (AvgIpc) is 2.31. The normalized spacial score (nSPS) is 10.4. The Balaban J connectivity index is 2.36. The van der Waals surface area contributed by atoms with Gasteiger partial charge in [0.05, 0.1) is 0 Å². The van der Waals surface area contributed by atoms with Crippen LogP contribution in [0.1, 0.15) is 38.3 Å². The number of ether oxygens (including phenoxy) is 1. The molecule has 0 spiro atoms. The number of nitrogens with one attached hydrogen (secondary N) is 1. The molecule has 0 bridgehead atoms. The number of hydrogen-bond donors (Lipinski definition) is 1. The van der Waals surface area contributed by atoms with Crippen molar-refractivity contribution in [2.75, 3.05) is 6.54 Å². The second-order valence-corrected chi connectivity index (χ2v) is 5.44. The molecule has 0 aliphatic heterocycles.